The number of carbonyl (C=O) groups excluding carboxylic acids is 1. The van der Waals surface area contributed by atoms with Crippen molar-refractivity contribution in [1.29, 1.82) is 0 Å². The Labute approximate surface area is 227 Å². The van der Waals surface area contributed by atoms with Crippen LogP contribution in [0.15, 0.2) is 41.3 Å². The second-order valence-electron chi connectivity index (χ2n) is 10.5. The summed E-state index contributed by atoms with van der Waals surface area (Å²) in [7, 11) is -2.15. The molecule has 208 valence electrons. The first kappa shape index (κ1) is 28.5. The number of benzene rings is 2. The highest BCUT2D eigenvalue weighted by Crippen LogP contribution is 2.32. The number of methoxy groups -OCH3 is 1. The number of nitrogens with zero attached hydrogens (tertiary/aromatic N) is 2. The van der Waals surface area contributed by atoms with Gasteiger partial charge in [0, 0.05) is 24.8 Å². The van der Waals surface area contributed by atoms with E-state index < -0.39 is 10.0 Å². The van der Waals surface area contributed by atoms with Gasteiger partial charge in [-0.15, -0.1) is 0 Å². The molecule has 9 heteroatoms. The number of aryl methyl sites for hydroxylation is 2. The van der Waals surface area contributed by atoms with E-state index in [0.29, 0.717) is 34.7 Å². The molecule has 0 radical (unpaired) electrons. The molecule has 1 amide bonds. The summed E-state index contributed by atoms with van der Waals surface area (Å²) in [6, 6.07) is 11.1. The number of piperidine rings is 2. The highest BCUT2D eigenvalue weighted by molar-refractivity contribution is 7.89. The summed E-state index contributed by atoms with van der Waals surface area (Å²) in [6.07, 6.45) is 6.22. The molecule has 1 N–H and O–H groups in total. The van der Waals surface area contributed by atoms with Crippen molar-refractivity contribution < 1.29 is 22.7 Å². The molecule has 0 aromatic heterocycles. The maximum Gasteiger partial charge on any atom is 0.250 e. The van der Waals surface area contributed by atoms with E-state index in [1.165, 1.54) is 24.8 Å². The summed E-state index contributed by atoms with van der Waals surface area (Å²) in [4.78, 5) is 15.4. The lowest BCUT2D eigenvalue weighted by Gasteiger charge is -2.35. The van der Waals surface area contributed by atoms with Crippen LogP contribution in [-0.2, 0) is 26.1 Å². The molecule has 2 saturated heterocycles. The molecular formula is C29H41N3O5S. The molecule has 2 heterocycles. The number of ether oxygens (including phenoxy) is 2. The summed E-state index contributed by atoms with van der Waals surface area (Å²) in [6.45, 7) is 7.22. The summed E-state index contributed by atoms with van der Waals surface area (Å²) in [5.74, 6) is 0.396. The van der Waals surface area contributed by atoms with Gasteiger partial charge in [-0.25, -0.2) is 8.42 Å². The van der Waals surface area contributed by atoms with Crippen molar-refractivity contribution >= 4 is 21.6 Å². The molecule has 0 saturated carbocycles. The summed E-state index contributed by atoms with van der Waals surface area (Å²) < 4.78 is 40.0. The van der Waals surface area contributed by atoms with E-state index in [1.807, 2.05) is 18.2 Å². The molecule has 2 aromatic rings. The molecular weight excluding hydrogens is 502 g/mol. The van der Waals surface area contributed by atoms with Crippen LogP contribution in [0.4, 0.5) is 5.69 Å². The minimum absolute atomic E-state index is 0.124. The number of nitrogens with one attached hydrogen (secondary N) is 1. The van der Waals surface area contributed by atoms with Gasteiger partial charge in [-0.05, 0) is 93.6 Å². The van der Waals surface area contributed by atoms with Crippen molar-refractivity contribution in [2.45, 2.75) is 69.9 Å². The van der Waals surface area contributed by atoms with Crippen molar-refractivity contribution in [3.63, 3.8) is 0 Å². The molecule has 2 fully saturated rings. The molecule has 1 atom stereocenters. The van der Waals surface area contributed by atoms with Gasteiger partial charge in [0.25, 0.3) is 0 Å². The quantitative estimate of drug-likeness (QED) is 0.475. The first-order chi connectivity index (χ1) is 18.3. The number of anilines is 1. The fraction of sp³-hybridized carbons (Fsp3) is 0.552. The largest absolute Gasteiger partial charge is 0.497 e. The molecule has 0 bridgehead atoms. The molecule has 8 nitrogen and oxygen atoms in total. The molecule has 2 aromatic carbocycles. The number of hydrogen-bond donors (Lipinski definition) is 1. The highest BCUT2D eigenvalue weighted by atomic mass is 32.2. The molecule has 2 aliphatic rings. The van der Waals surface area contributed by atoms with E-state index in [4.69, 9.17) is 9.47 Å². The average Bonchev–Trinajstić information content (AvgIpc) is 2.89. The summed E-state index contributed by atoms with van der Waals surface area (Å²) in [5, 5.41) is 2.92. The van der Waals surface area contributed by atoms with Gasteiger partial charge in [-0.1, -0.05) is 25.0 Å². The maximum absolute atomic E-state index is 13.7. The van der Waals surface area contributed by atoms with Gasteiger partial charge in [-0.3, -0.25) is 9.69 Å². The molecule has 0 spiro atoms. The maximum atomic E-state index is 13.7. The normalized spacial score (nSPS) is 19.3. The lowest BCUT2D eigenvalue weighted by molar-refractivity contribution is -0.121. The van der Waals surface area contributed by atoms with Gasteiger partial charge in [-0.2, -0.15) is 4.31 Å². The third kappa shape index (κ3) is 7.14. The van der Waals surface area contributed by atoms with Gasteiger partial charge in [0.1, 0.15) is 12.4 Å². The van der Waals surface area contributed by atoms with Crippen LogP contribution in [0.5, 0.6) is 5.75 Å². The Morgan fingerprint density at radius 1 is 1.00 bits per heavy atom. The number of carbonyl (C=O) groups is 1. The van der Waals surface area contributed by atoms with Crippen LogP contribution >= 0.6 is 0 Å². The Bertz CT molecular complexity index is 1190. The lowest BCUT2D eigenvalue weighted by atomic mass is 10.1. The molecule has 38 heavy (non-hydrogen) atoms. The molecule has 1 unspecified atom stereocenters. The summed E-state index contributed by atoms with van der Waals surface area (Å²) >= 11 is 0. The Morgan fingerprint density at radius 3 is 2.42 bits per heavy atom. The predicted octanol–water partition coefficient (Wildman–Crippen LogP) is 4.50. The van der Waals surface area contributed by atoms with Gasteiger partial charge >= 0.3 is 0 Å². The minimum atomic E-state index is -3.72. The number of sulfonamides is 1. The van der Waals surface area contributed by atoms with Gasteiger partial charge in [0.05, 0.1) is 18.6 Å². The lowest BCUT2D eigenvalue weighted by Crippen LogP contribution is -2.46. The highest BCUT2D eigenvalue weighted by Gasteiger charge is 2.35. The van der Waals surface area contributed by atoms with Crippen LogP contribution in [0.3, 0.4) is 0 Å². The number of amides is 1. The first-order valence-electron chi connectivity index (χ1n) is 13.6. The standard InChI is InChI=1S/C29H41N3O5S/c1-22-16-27(36-3)17-23(2)29(22)38(34,35)32-15-8-5-12-26(32)20-37-21-28(33)30-25-11-9-10-24(18-25)19-31-13-6-4-7-14-31/h9-11,16-18,26H,4-8,12-15,19-21H2,1-3H3,(H,30,33). The topological polar surface area (TPSA) is 88.2 Å². The zero-order valence-electron chi connectivity index (χ0n) is 22.9. The van der Waals surface area contributed by atoms with Crippen LogP contribution in [0.1, 0.15) is 55.2 Å². The molecule has 2 aliphatic heterocycles. The van der Waals surface area contributed by atoms with Crippen LogP contribution in [0, 0.1) is 13.8 Å². The van der Waals surface area contributed by atoms with Crippen LogP contribution in [-0.4, -0.2) is 69.5 Å². The SMILES string of the molecule is COc1cc(C)c(S(=O)(=O)N2CCCCC2COCC(=O)Nc2cccc(CN3CCCCC3)c2)c(C)c1. The van der Waals surface area contributed by atoms with Crippen LogP contribution in [0.2, 0.25) is 0 Å². The van der Waals surface area contributed by atoms with Crippen molar-refractivity contribution in [1.82, 2.24) is 9.21 Å². The molecule has 0 aliphatic carbocycles. The van der Waals surface area contributed by atoms with E-state index in [1.54, 1.807) is 37.4 Å². The fourth-order valence-electron chi connectivity index (χ4n) is 5.62. The Morgan fingerprint density at radius 2 is 1.71 bits per heavy atom. The number of hydrogen-bond acceptors (Lipinski definition) is 6. The predicted molar refractivity (Wildman–Crippen MR) is 149 cm³/mol. The second-order valence-corrected chi connectivity index (χ2v) is 12.3. The summed E-state index contributed by atoms with van der Waals surface area (Å²) in [5.41, 5.74) is 3.25. The van der Waals surface area contributed by atoms with E-state index in [2.05, 4.69) is 16.3 Å². The van der Waals surface area contributed by atoms with Gasteiger partial charge in [0.15, 0.2) is 0 Å². The zero-order valence-corrected chi connectivity index (χ0v) is 23.7. The van der Waals surface area contributed by atoms with Crippen molar-refractivity contribution in [3.05, 3.63) is 53.1 Å². The fourth-order valence-corrected chi connectivity index (χ4v) is 7.71. The van der Waals surface area contributed by atoms with E-state index in [0.717, 1.165) is 38.2 Å². The van der Waals surface area contributed by atoms with Crippen LogP contribution in [0.25, 0.3) is 0 Å². The van der Waals surface area contributed by atoms with E-state index >= 15 is 0 Å². The Balaban J connectivity index is 1.34. The monoisotopic (exact) mass is 543 g/mol. The first-order valence-corrected chi connectivity index (χ1v) is 15.1. The van der Waals surface area contributed by atoms with Gasteiger partial charge < -0.3 is 14.8 Å². The number of likely N-dealkylation sites (tertiary alicyclic amines) is 1. The average molecular weight is 544 g/mol. The minimum Gasteiger partial charge on any atom is -0.497 e. The van der Waals surface area contributed by atoms with Crippen LogP contribution < -0.4 is 10.1 Å². The van der Waals surface area contributed by atoms with E-state index in [-0.39, 0.29) is 25.2 Å². The van der Waals surface area contributed by atoms with Crippen molar-refractivity contribution in [2.24, 2.45) is 0 Å². The number of rotatable bonds is 10. The smallest absolute Gasteiger partial charge is 0.250 e. The van der Waals surface area contributed by atoms with E-state index in [9.17, 15) is 13.2 Å². The Kier molecular flexibility index (Phi) is 9.81. The Hall–Kier alpha value is -2.46. The third-order valence-corrected chi connectivity index (χ3v) is 9.68. The van der Waals surface area contributed by atoms with Gasteiger partial charge in [0.2, 0.25) is 15.9 Å². The molecule has 4 rings (SSSR count). The zero-order chi connectivity index (χ0) is 27.1. The second kappa shape index (κ2) is 13.1. The van der Waals surface area contributed by atoms with Crippen molar-refractivity contribution in [3.8, 4) is 5.75 Å². The van der Waals surface area contributed by atoms with Crippen molar-refractivity contribution in [2.75, 3.05) is 45.3 Å². The third-order valence-electron chi connectivity index (χ3n) is 7.42.